The van der Waals surface area contributed by atoms with Gasteiger partial charge in [-0.05, 0) is 166 Å². The van der Waals surface area contributed by atoms with Gasteiger partial charge in [0.1, 0.15) is 0 Å². The molecule has 2 atom stereocenters. The highest BCUT2D eigenvalue weighted by Gasteiger charge is 2.55. The fourth-order valence-electron chi connectivity index (χ4n) is 12.8. The molecule has 14 rings (SSSR count). The quantitative estimate of drug-likeness (QED) is 0.130. The smallest absolute Gasteiger partial charge is 0.0554 e. The van der Waals surface area contributed by atoms with Gasteiger partial charge in [0.25, 0.3) is 0 Å². The Balaban J connectivity index is 0.848. The SMILES string of the molecule is CC1(C2(c3ccccc3)c3ccccc3-c3ccc(-c4ccc(N(c5ccc(-c6cccc(-c7cccc8ccccc78)c6)cc5)c5ccc(-c6ccc7c(ccc8ccccc87)c6)cc5)cc4)cc32)C=CC=CC1. The van der Waals surface area contributed by atoms with Crippen LogP contribution in [0.5, 0.6) is 0 Å². The zero-order valence-electron chi connectivity index (χ0n) is 41.9. The maximum absolute atomic E-state index is 2.49. The van der Waals surface area contributed by atoms with E-state index in [-0.39, 0.29) is 10.8 Å². The number of anilines is 3. The number of rotatable bonds is 9. The summed E-state index contributed by atoms with van der Waals surface area (Å²) in [6, 6.07) is 99.0. The largest absolute Gasteiger partial charge is 0.311 e. The molecule has 75 heavy (non-hydrogen) atoms. The third-order valence-corrected chi connectivity index (χ3v) is 16.4. The topological polar surface area (TPSA) is 3.24 Å². The van der Waals surface area contributed by atoms with Crippen LogP contribution in [0.1, 0.15) is 30.0 Å². The highest BCUT2D eigenvalue weighted by molar-refractivity contribution is 6.08. The molecule has 0 heterocycles. The first kappa shape index (κ1) is 44.4. The summed E-state index contributed by atoms with van der Waals surface area (Å²) in [5, 5.41) is 7.59. The molecule has 0 amide bonds. The summed E-state index contributed by atoms with van der Waals surface area (Å²) >= 11 is 0. The monoisotopic (exact) mass is 955 g/mol. The summed E-state index contributed by atoms with van der Waals surface area (Å²) in [4.78, 5) is 2.39. The second kappa shape index (κ2) is 18.0. The zero-order valence-corrected chi connectivity index (χ0v) is 41.9. The molecule has 0 bridgehead atoms. The van der Waals surface area contributed by atoms with Crippen molar-refractivity contribution in [2.75, 3.05) is 4.90 Å². The van der Waals surface area contributed by atoms with Gasteiger partial charge >= 0.3 is 0 Å². The van der Waals surface area contributed by atoms with Gasteiger partial charge in [-0.15, -0.1) is 0 Å². The average Bonchev–Trinajstić information content (AvgIpc) is 3.79. The molecule has 12 aromatic rings. The Labute approximate surface area is 439 Å². The Morgan fingerprint density at radius 3 is 1.53 bits per heavy atom. The Kier molecular flexibility index (Phi) is 10.7. The van der Waals surface area contributed by atoms with Crippen molar-refractivity contribution in [2.24, 2.45) is 5.41 Å². The maximum Gasteiger partial charge on any atom is 0.0554 e. The minimum atomic E-state index is -0.384. The van der Waals surface area contributed by atoms with Gasteiger partial charge in [-0.25, -0.2) is 0 Å². The standard InChI is InChI=1S/C74H53N/c1-73(46-12-3-13-47-73)74(61-21-4-2-5-22-61)71-27-11-10-25-69(71)70-45-37-58(50-72(70)74)53-34-42-64(43-35-53)75(63-40-32-52(33-41-63)57-36-44-68-60(49-57)29-28-55-17-7-9-24-66(55)68)62-38-30-51(31-39-62)56-19-14-20-59(48-56)67-26-15-18-54-16-6-8-23-65(54)67/h2-46,48-50H,47H2,1H3. The number of nitrogens with zero attached hydrogens (tertiary/aromatic N) is 1. The predicted octanol–water partition coefficient (Wildman–Crippen LogP) is 20.1. The summed E-state index contributed by atoms with van der Waals surface area (Å²) < 4.78 is 0. The van der Waals surface area contributed by atoms with E-state index in [0.717, 1.165) is 23.5 Å². The van der Waals surface area contributed by atoms with Crippen molar-refractivity contribution >= 4 is 49.4 Å². The zero-order chi connectivity index (χ0) is 49.9. The minimum Gasteiger partial charge on any atom is -0.311 e. The number of hydrogen-bond donors (Lipinski definition) is 0. The van der Waals surface area contributed by atoms with E-state index in [4.69, 9.17) is 0 Å². The minimum absolute atomic E-state index is 0.193. The predicted molar refractivity (Wildman–Crippen MR) is 318 cm³/mol. The van der Waals surface area contributed by atoms with Gasteiger partial charge in [-0.3, -0.25) is 0 Å². The Hall–Kier alpha value is -9.30. The van der Waals surface area contributed by atoms with Crippen LogP contribution >= 0.6 is 0 Å². The molecule has 2 unspecified atom stereocenters. The molecule has 1 heteroatoms. The van der Waals surface area contributed by atoms with E-state index in [0.29, 0.717) is 0 Å². The fourth-order valence-corrected chi connectivity index (χ4v) is 12.8. The first-order valence-corrected chi connectivity index (χ1v) is 26.3. The molecule has 0 fully saturated rings. The molecular weight excluding hydrogens is 903 g/mol. The third-order valence-electron chi connectivity index (χ3n) is 16.4. The molecule has 0 saturated heterocycles. The van der Waals surface area contributed by atoms with Crippen molar-refractivity contribution in [2.45, 2.75) is 18.8 Å². The normalized spacial score (nSPS) is 16.5. The van der Waals surface area contributed by atoms with E-state index in [1.165, 1.54) is 105 Å². The van der Waals surface area contributed by atoms with Gasteiger partial charge < -0.3 is 4.90 Å². The van der Waals surface area contributed by atoms with Crippen LogP contribution in [-0.4, -0.2) is 0 Å². The van der Waals surface area contributed by atoms with Crippen LogP contribution in [0.3, 0.4) is 0 Å². The van der Waals surface area contributed by atoms with E-state index in [9.17, 15) is 0 Å². The molecule has 2 aliphatic rings. The van der Waals surface area contributed by atoms with Gasteiger partial charge in [0.05, 0.1) is 5.41 Å². The van der Waals surface area contributed by atoms with E-state index >= 15 is 0 Å². The van der Waals surface area contributed by atoms with Crippen LogP contribution in [0.15, 0.2) is 291 Å². The Bertz CT molecular complexity index is 4200. The molecule has 354 valence electrons. The maximum atomic E-state index is 2.49. The van der Waals surface area contributed by atoms with E-state index in [2.05, 4.69) is 303 Å². The van der Waals surface area contributed by atoms with Crippen LogP contribution in [0.25, 0.3) is 88.0 Å². The molecule has 0 radical (unpaired) electrons. The molecular formula is C74H53N. The summed E-state index contributed by atoms with van der Waals surface area (Å²) in [6.45, 7) is 2.45. The van der Waals surface area contributed by atoms with Crippen molar-refractivity contribution in [3.8, 4) is 55.6 Å². The molecule has 12 aromatic carbocycles. The lowest BCUT2D eigenvalue weighted by Gasteiger charge is -2.48. The van der Waals surface area contributed by atoms with Crippen LogP contribution in [-0.2, 0) is 5.41 Å². The highest BCUT2D eigenvalue weighted by atomic mass is 15.1. The van der Waals surface area contributed by atoms with Crippen LogP contribution in [0.2, 0.25) is 0 Å². The van der Waals surface area contributed by atoms with Gasteiger partial charge in [0, 0.05) is 22.5 Å². The Morgan fingerprint density at radius 1 is 0.320 bits per heavy atom. The average molecular weight is 956 g/mol. The van der Waals surface area contributed by atoms with Crippen molar-refractivity contribution in [3.05, 3.63) is 308 Å². The summed E-state index contributed by atoms with van der Waals surface area (Å²) in [5.41, 5.74) is 19.0. The van der Waals surface area contributed by atoms with E-state index < -0.39 is 0 Å². The fraction of sp³-hybridized carbons (Fsp3) is 0.0541. The van der Waals surface area contributed by atoms with Crippen molar-refractivity contribution in [1.29, 1.82) is 0 Å². The van der Waals surface area contributed by atoms with Gasteiger partial charge in [0.15, 0.2) is 0 Å². The second-order valence-corrected chi connectivity index (χ2v) is 20.6. The van der Waals surface area contributed by atoms with Crippen molar-refractivity contribution in [3.63, 3.8) is 0 Å². The number of allylic oxidation sites excluding steroid dienone is 4. The third kappa shape index (κ3) is 7.38. The summed E-state index contributed by atoms with van der Waals surface area (Å²) in [7, 11) is 0. The number of hydrogen-bond acceptors (Lipinski definition) is 1. The van der Waals surface area contributed by atoms with Crippen LogP contribution < -0.4 is 4.90 Å². The first-order chi connectivity index (χ1) is 37.0. The van der Waals surface area contributed by atoms with Gasteiger partial charge in [-0.1, -0.05) is 244 Å². The van der Waals surface area contributed by atoms with E-state index in [1.54, 1.807) is 0 Å². The van der Waals surface area contributed by atoms with Crippen LogP contribution in [0, 0.1) is 5.41 Å². The van der Waals surface area contributed by atoms with Gasteiger partial charge in [-0.2, -0.15) is 0 Å². The van der Waals surface area contributed by atoms with Crippen LogP contribution in [0.4, 0.5) is 17.1 Å². The van der Waals surface area contributed by atoms with E-state index in [1.807, 2.05) is 0 Å². The molecule has 1 nitrogen and oxygen atoms in total. The van der Waals surface area contributed by atoms with Gasteiger partial charge in [0.2, 0.25) is 0 Å². The lowest BCUT2D eigenvalue weighted by molar-refractivity contribution is 0.293. The second-order valence-electron chi connectivity index (χ2n) is 20.6. The number of benzene rings is 12. The molecule has 0 spiro atoms. The van der Waals surface area contributed by atoms with Crippen molar-refractivity contribution in [1.82, 2.24) is 0 Å². The molecule has 0 aromatic heterocycles. The molecule has 0 saturated carbocycles. The lowest BCUT2D eigenvalue weighted by Crippen LogP contribution is -2.43. The Morgan fingerprint density at radius 2 is 0.827 bits per heavy atom. The summed E-state index contributed by atoms with van der Waals surface area (Å²) in [6.07, 6.45) is 10.2. The first-order valence-electron chi connectivity index (χ1n) is 26.3. The number of fused-ring (bicyclic) bond motifs is 7. The van der Waals surface area contributed by atoms with Crippen molar-refractivity contribution < 1.29 is 0 Å². The lowest BCUT2D eigenvalue weighted by atomic mass is 9.54. The summed E-state index contributed by atoms with van der Waals surface area (Å²) in [5.74, 6) is 0. The molecule has 0 N–H and O–H groups in total. The molecule has 0 aliphatic heterocycles. The highest BCUT2D eigenvalue weighted by Crippen LogP contribution is 2.63. The molecule has 2 aliphatic carbocycles.